The van der Waals surface area contributed by atoms with Gasteiger partial charge in [0.25, 0.3) is 5.91 Å². The molecule has 0 saturated heterocycles. The summed E-state index contributed by atoms with van der Waals surface area (Å²) in [6, 6.07) is 16.2. The van der Waals surface area contributed by atoms with Crippen molar-refractivity contribution in [3.05, 3.63) is 70.8 Å². The highest BCUT2D eigenvalue weighted by Gasteiger charge is 2.06. The van der Waals surface area contributed by atoms with Crippen LogP contribution in [0, 0.1) is 13.8 Å². The summed E-state index contributed by atoms with van der Waals surface area (Å²) in [7, 11) is 0. The molecule has 0 atom stereocenters. The van der Waals surface area contributed by atoms with Crippen molar-refractivity contribution in [1.82, 2.24) is 5.32 Å². The molecule has 0 saturated carbocycles. The summed E-state index contributed by atoms with van der Waals surface area (Å²) in [5.41, 5.74) is 4.40. The number of benzene rings is 2. The number of hydrogen-bond acceptors (Lipinski definition) is 1. The fourth-order valence-corrected chi connectivity index (χ4v) is 2.28. The Labute approximate surface area is 120 Å². The maximum absolute atomic E-state index is 12.0. The first-order chi connectivity index (χ1) is 9.66. The van der Waals surface area contributed by atoms with E-state index >= 15 is 0 Å². The second-order valence-electron chi connectivity index (χ2n) is 5.16. The highest BCUT2D eigenvalue weighted by Crippen LogP contribution is 2.08. The first kappa shape index (κ1) is 14.3. The number of hydrogen-bond donors (Lipinski definition) is 1. The van der Waals surface area contributed by atoms with Gasteiger partial charge < -0.3 is 5.32 Å². The zero-order valence-corrected chi connectivity index (χ0v) is 12.1. The molecular weight excluding hydrogens is 246 g/mol. The molecule has 0 aromatic heterocycles. The van der Waals surface area contributed by atoms with E-state index in [1.54, 1.807) is 0 Å². The quantitative estimate of drug-likeness (QED) is 0.823. The third kappa shape index (κ3) is 3.95. The maximum atomic E-state index is 12.0. The van der Waals surface area contributed by atoms with Crippen molar-refractivity contribution < 1.29 is 4.79 Å². The summed E-state index contributed by atoms with van der Waals surface area (Å²) < 4.78 is 0. The standard InChI is InChI=1S/C18H21NO/c1-14-7-5-9-16(13-14)10-6-12-19-18(20)17-11-4-3-8-15(17)2/h3-5,7-9,11,13H,6,10,12H2,1-2H3,(H,19,20). The van der Waals surface area contributed by atoms with Gasteiger partial charge in [0.2, 0.25) is 0 Å². The molecule has 0 aliphatic rings. The molecule has 0 fully saturated rings. The van der Waals surface area contributed by atoms with Crippen LogP contribution < -0.4 is 5.32 Å². The summed E-state index contributed by atoms with van der Waals surface area (Å²) in [6.07, 6.45) is 1.96. The van der Waals surface area contributed by atoms with Gasteiger partial charge in [0.05, 0.1) is 0 Å². The van der Waals surface area contributed by atoms with E-state index in [2.05, 4.69) is 36.5 Å². The molecule has 1 amide bonds. The lowest BCUT2D eigenvalue weighted by Crippen LogP contribution is -2.25. The van der Waals surface area contributed by atoms with E-state index in [9.17, 15) is 4.79 Å². The van der Waals surface area contributed by atoms with Gasteiger partial charge in [0.1, 0.15) is 0 Å². The van der Waals surface area contributed by atoms with Crippen LogP contribution in [-0.2, 0) is 6.42 Å². The predicted molar refractivity (Wildman–Crippen MR) is 83.0 cm³/mol. The molecule has 0 bridgehead atoms. The number of rotatable bonds is 5. The number of carbonyl (C=O) groups excluding carboxylic acids is 1. The molecule has 0 aliphatic heterocycles. The Morgan fingerprint density at radius 3 is 2.60 bits per heavy atom. The number of carbonyl (C=O) groups is 1. The Morgan fingerprint density at radius 2 is 1.85 bits per heavy atom. The van der Waals surface area contributed by atoms with Gasteiger partial charge in [-0.25, -0.2) is 0 Å². The molecule has 0 heterocycles. The molecule has 0 radical (unpaired) electrons. The number of nitrogens with one attached hydrogen (secondary N) is 1. The van der Waals surface area contributed by atoms with E-state index in [1.165, 1.54) is 11.1 Å². The van der Waals surface area contributed by atoms with Crippen LogP contribution in [0.1, 0.15) is 33.5 Å². The zero-order chi connectivity index (χ0) is 14.4. The Morgan fingerprint density at radius 1 is 1.05 bits per heavy atom. The van der Waals surface area contributed by atoms with Gasteiger partial charge in [-0.1, -0.05) is 48.0 Å². The number of aryl methyl sites for hydroxylation is 3. The summed E-state index contributed by atoms with van der Waals surface area (Å²) >= 11 is 0. The monoisotopic (exact) mass is 267 g/mol. The fourth-order valence-electron chi connectivity index (χ4n) is 2.28. The van der Waals surface area contributed by atoms with E-state index in [1.807, 2.05) is 31.2 Å². The number of amides is 1. The molecule has 2 rings (SSSR count). The van der Waals surface area contributed by atoms with Gasteiger partial charge in [-0.15, -0.1) is 0 Å². The van der Waals surface area contributed by atoms with Crippen molar-refractivity contribution in [2.24, 2.45) is 0 Å². The highest BCUT2D eigenvalue weighted by molar-refractivity contribution is 5.95. The van der Waals surface area contributed by atoms with E-state index in [0.29, 0.717) is 6.54 Å². The zero-order valence-electron chi connectivity index (χ0n) is 12.1. The Kier molecular flexibility index (Phi) is 4.94. The van der Waals surface area contributed by atoms with Crippen LogP contribution in [0.5, 0.6) is 0 Å². The third-order valence-corrected chi connectivity index (χ3v) is 3.40. The maximum Gasteiger partial charge on any atom is 0.251 e. The fraction of sp³-hybridized carbons (Fsp3) is 0.278. The summed E-state index contributed by atoms with van der Waals surface area (Å²) in [4.78, 5) is 12.0. The Balaban J connectivity index is 1.79. The van der Waals surface area contributed by atoms with Gasteiger partial charge >= 0.3 is 0 Å². The van der Waals surface area contributed by atoms with Gasteiger partial charge in [-0.2, -0.15) is 0 Å². The minimum absolute atomic E-state index is 0.0207. The van der Waals surface area contributed by atoms with Crippen molar-refractivity contribution in [2.45, 2.75) is 26.7 Å². The SMILES string of the molecule is Cc1cccc(CCCNC(=O)c2ccccc2C)c1. The lowest BCUT2D eigenvalue weighted by Gasteiger charge is -2.07. The lowest BCUT2D eigenvalue weighted by atomic mass is 10.1. The topological polar surface area (TPSA) is 29.1 Å². The summed E-state index contributed by atoms with van der Waals surface area (Å²) in [5, 5.41) is 2.99. The summed E-state index contributed by atoms with van der Waals surface area (Å²) in [6.45, 7) is 4.77. The molecule has 2 aromatic carbocycles. The molecule has 2 nitrogen and oxygen atoms in total. The third-order valence-electron chi connectivity index (χ3n) is 3.40. The predicted octanol–water partition coefficient (Wildman–Crippen LogP) is 3.67. The smallest absolute Gasteiger partial charge is 0.251 e. The normalized spacial score (nSPS) is 10.3. The first-order valence-corrected chi connectivity index (χ1v) is 7.06. The average molecular weight is 267 g/mol. The van der Waals surface area contributed by atoms with Crippen LogP contribution in [0.15, 0.2) is 48.5 Å². The molecule has 1 N–H and O–H groups in total. The van der Waals surface area contributed by atoms with Gasteiger partial charge in [-0.05, 0) is 43.9 Å². The largest absolute Gasteiger partial charge is 0.352 e. The van der Waals surface area contributed by atoms with Crippen molar-refractivity contribution in [2.75, 3.05) is 6.54 Å². The van der Waals surface area contributed by atoms with E-state index < -0.39 is 0 Å². The van der Waals surface area contributed by atoms with Crippen molar-refractivity contribution in [1.29, 1.82) is 0 Å². The van der Waals surface area contributed by atoms with Gasteiger partial charge in [0.15, 0.2) is 0 Å². The molecule has 2 heteroatoms. The van der Waals surface area contributed by atoms with Crippen molar-refractivity contribution >= 4 is 5.91 Å². The second-order valence-corrected chi connectivity index (χ2v) is 5.16. The van der Waals surface area contributed by atoms with Gasteiger partial charge in [0, 0.05) is 12.1 Å². The summed E-state index contributed by atoms with van der Waals surface area (Å²) in [5.74, 6) is 0.0207. The molecule has 104 valence electrons. The lowest BCUT2D eigenvalue weighted by molar-refractivity contribution is 0.0952. The minimum Gasteiger partial charge on any atom is -0.352 e. The van der Waals surface area contributed by atoms with E-state index in [-0.39, 0.29) is 5.91 Å². The minimum atomic E-state index is 0.0207. The van der Waals surface area contributed by atoms with Crippen LogP contribution in [-0.4, -0.2) is 12.5 Å². The van der Waals surface area contributed by atoms with Crippen LogP contribution in [0.25, 0.3) is 0 Å². The molecule has 2 aromatic rings. The average Bonchev–Trinajstić information content (AvgIpc) is 2.44. The van der Waals surface area contributed by atoms with Crippen molar-refractivity contribution in [3.8, 4) is 0 Å². The molecule has 0 unspecified atom stereocenters. The highest BCUT2D eigenvalue weighted by atomic mass is 16.1. The van der Waals surface area contributed by atoms with Crippen LogP contribution in [0.3, 0.4) is 0 Å². The molecular formula is C18H21NO. The van der Waals surface area contributed by atoms with E-state index in [4.69, 9.17) is 0 Å². The first-order valence-electron chi connectivity index (χ1n) is 7.06. The van der Waals surface area contributed by atoms with E-state index in [0.717, 1.165) is 24.0 Å². The van der Waals surface area contributed by atoms with Crippen LogP contribution in [0.2, 0.25) is 0 Å². The van der Waals surface area contributed by atoms with Crippen LogP contribution >= 0.6 is 0 Å². The van der Waals surface area contributed by atoms with Gasteiger partial charge in [-0.3, -0.25) is 4.79 Å². The molecule has 0 aliphatic carbocycles. The second kappa shape index (κ2) is 6.90. The Hall–Kier alpha value is -2.09. The molecule has 0 spiro atoms. The Bertz CT molecular complexity index is 589. The molecule has 20 heavy (non-hydrogen) atoms. The van der Waals surface area contributed by atoms with Crippen molar-refractivity contribution in [3.63, 3.8) is 0 Å². The van der Waals surface area contributed by atoms with Crippen LogP contribution in [0.4, 0.5) is 0 Å².